The van der Waals surface area contributed by atoms with Crippen LogP contribution in [0, 0.1) is 0 Å². The van der Waals surface area contributed by atoms with Crippen LogP contribution in [0.4, 0.5) is 17.1 Å². The second-order valence-electron chi connectivity index (χ2n) is 13.0. The van der Waals surface area contributed by atoms with Crippen molar-refractivity contribution in [2.24, 2.45) is 0 Å². The van der Waals surface area contributed by atoms with Crippen LogP contribution in [0.15, 0.2) is 127 Å². The van der Waals surface area contributed by atoms with E-state index in [1.807, 2.05) is 18.2 Å². The maximum Gasteiger partial charge on any atom is 0.196 e. The SMILES string of the molecule is CCc1ccccc1-c1ccc(N(c2ccc3c(c2)C(C)(C)c2ccccc2-3)c2cccc3c2C(=O)c2ccccc2-3)cc1CC. The predicted octanol–water partition coefficient (Wildman–Crippen LogP) is 11.5. The van der Waals surface area contributed by atoms with Gasteiger partial charge in [-0.1, -0.05) is 125 Å². The molecule has 0 atom stereocenters. The number of hydrogen-bond donors (Lipinski definition) is 0. The Morgan fingerprint density at radius 1 is 0.500 bits per heavy atom. The third-order valence-electron chi connectivity index (χ3n) is 10.2. The van der Waals surface area contributed by atoms with Crippen LogP contribution in [0.1, 0.15) is 65.9 Å². The first-order chi connectivity index (χ1) is 22.4. The second-order valence-corrected chi connectivity index (χ2v) is 13.0. The molecule has 0 heterocycles. The van der Waals surface area contributed by atoms with Gasteiger partial charge in [-0.25, -0.2) is 0 Å². The molecule has 0 aromatic heterocycles. The molecule has 0 aliphatic heterocycles. The van der Waals surface area contributed by atoms with E-state index in [0.717, 1.165) is 52.2 Å². The van der Waals surface area contributed by atoms with Gasteiger partial charge in [0.05, 0.1) is 11.3 Å². The Hall–Kier alpha value is -5.21. The zero-order valence-corrected chi connectivity index (χ0v) is 26.9. The summed E-state index contributed by atoms with van der Waals surface area (Å²) in [7, 11) is 0. The van der Waals surface area contributed by atoms with Crippen LogP contribution in [0.25, 0.3) is 33.4 Å². The number of anilines is 3. The minimum atomic E-state index is -0.138. The molecular formula is C44H37NO. The Morgan fingerprint density at radius 2 is 1.07 bits per heavy atom. The molecular weight excluding hydrogens is 558 g/mol. The molecule has 0 fully saturated rings. The zero-order chi connectivity index (χ0) is 31.6. The minimum absolute atomic E-state index is 0.0873. The number of ketones is 1. The number of hydrogen-bond acceptors (Lipinski definition) is 2. The number of fused-ring (bicyclic) bond motifs is 6. The molecule has 2 nitrogen and oxygen atoms in total. The predicted molar refractivity (Wildman–Crippen MR) is 192 cm³/mol. The van der Waals surface area contributed by atoms with Crippen molar-refractivity contribution in [3.63, 3.8) is 0 Å². The second kappa shape index (κ2) is 10.7. The van der Waals surface area contributed by atoms with Gasteiger partial charge in [0.25, 0.3) is 0 Å². The van der Waals surface area contributed by atoms with Crippen LogP contribution >= 0.6 is 0 Å². The van der Waals surface area contributed by atoms with Crippen molar-refractivity contribution >= 4 is 22.8 Å². The average Bonchev–Trinajstić information content (AvgIpc) is 3.52. The van der Waals surface area contributed by atoms with Gasteiger partial charge in [0, 0.05) is 22.4 Å². The van der Waals surface area contributed by atoms with E-state index in [4.69, 9.17) is 0 Å². The summed E-state index contributed by atoms with van der Waals surface area (Å²) in [4.78, 5) is 16.4. The number of benzene rings is 6. The molecule has 6 aromatic carbocycles. The molecule has 6 aromatic rings. The van der Waals surface area contributed by atoms with Crippen LogP contribution in [-0.4, -0.2) is 5.78 Å². The van der Waals surface area contributed by atoms with Gasteiger partial charge >= 0.3 is 0 Å². The molecule has 0 amide bonds. The average molecular weight is 596 g/mol. The lowest BCUT2D eigenvalue weighted by Crippen LogP contribution is -2.17. The molecule has 2 aliphatic rings. The third-order valence-corrected chi connectivity index (χ3v) is 10.2. The highest BCUT2D eigenvalue weighted by molar-refractivity contribution is 6.25. The maximum atomic E-state index is 14.1. The molecule has 224 valence electrons. The van der Waals surface area contributed by atoms with Gasteiger partial charge in [0.1, 0.15) is 0 Å². The smallest absolute Gasteiger partial charge is 0.196 e. The van der Waals surface area contributed by atoms with Crippen molar-refractivity contribution in [2.45, 2.75) is 46.0 Å². The fourth-order valence-electron chi connectivity index (χ4n) is 7.86. The molecule has 0 spiro atoms. The molecule has 46 heavy (non-hydrogen) atoms. The summed E-state index contributed by atoms with van der Waals surface area (Å²) in [5.74, 6) is 0.0873. The van der Waals surface area contributed by atoms with E-state index < -0.39 is 0 Å². The van der Waals surface area contributed by atoms with Gasteiger partial charge < -0.3 is 4.90 Å². The first kappa shape index (κ1) is 28.3. The van der Waals surface area contributed by atoms with E-state index in [1.165, 1.54) is 44.5 Å². The molecule has 0 saturated heterocycles. The van der Waals surface area contributed by atoms with Gasteiger partial charge in [-0.15, -0.1) is 0 Å². The lowest BCUT2D eigenvalue weighted by atomic mass is 9.82. The number of nitrogens with zero attached hydrogens (tertiary/aromatic N) is 1. The van der Waals surface area contributed by atoms with Crippen molar-refractivity contribution in [3.8, 4) is 33.4 Å². The highest BCUT2D eigenvalue weighted by Gasteiger charge is 2.37. The molecule has 0 radical (unpaired) electrons. The van der Waals surface area contributed by atoms with Gasteiger partial charge in [0.15, 0.2) is 5.78 Å². The summed E-state index contributed by atoms with van der Waals surface area (Å²) >= 11 is 0. The van der Waals surface area contributed by atoms with E-state index in [2.05, 4.69) is 142 Å². The van der Waals surface area contributed by atoms with Crippen LogP contribution in [-0.2, 0) is 18.3 Å². The monoisotopic (exact) mass is 595 g/mol. The summed E-state index contributed by atoms with van der Waals surface area (Å²) < 4.78 is 0. The summed E-state index contributed by atoms with van der Waals surface area (Å²) in [6.45, 7) is 9.10. The normalized spacial score (nSPS) is 13.6. The van der Waals surface area contributed by atoms with Crippen LogP contribution in [0.2, 0.25) is 0 Å². The lowest BCUT2D eigenvalue weighted by molar-refractivity contribution is 0.104. The first-order valence-electron chi connectivity index (χ1n) is 16.4. The summed E-state index contributed by atoms with van der Waals surface area (Å²) in [6.07, 6.45) is 1.89. The Labute approximate surface area is 272 Å². The zero-order valence-electron chi connectivity index (χ0n) is 26.9. The Bertz CT molecular complexity index is 2190. The quantitative estimate of drug-likeness (QED) is 0.191. The van der Waals surface area contributed by atoms with Crippen molar-refractivity contribution in [2.75, 3.05) is 4.90 Å². The van der Waals surface area contributed by atoms with Crippen LogP contribution < -0.4 is 4.90 Å². The summed E-state index contributed by atoms with van der Waals surface area (Å²) in [5, 5.41) is 0. The van der Waals surface area contributed by atoms with Gasteiger partial charge in [0.2, 0.25) is 0 Å². The molecule has 8 rings (SSSR count). The van der Waals surface area contributed by atoms with Gasteiger partial charge in [-0.2, -0.15) is 0 Å². The van der Waals surface area contributed by atoms with Crippen molar-refractivity contribution in [1.29, 1.82) is 0 Å². The topological polar surface area (TPSA) is 20.3 Å². The number of carbonyl (C=O) groups is 1. The van der Waals surface area contributed by atoms with E-state index in [9.17, 15) is 4.79 Å². The number of carbonyl (C=O) groups excluding carboxylic acids is 1. The van der Waals surface area contributed by atoms with Gasteiger partial charge in [-0.05, 0) is 98.8 Å². The molecule has 2 heteroatoms. The van der Waals surface area contributed by atoms with Gasteiger partial charge in [-0.3, -0.25) is 4.79 Å². The molecule has 2 aliphatic carbocycles. The van der Waals surface area contributed by atoms with Crippen molar-refractivity contribution in [1.82, 2.24) is 0 Å². The Kier molecular flexibility index (Phi) is 6.58. The van der Waals surface area contributed by atoms with E-state index in [1.54, 1.807) is 0 Å². The molecule has 0 bridgehead atoms. The highest BCUT2D eigenvalue weighted by Crippen LogP contribution is 2.52. The first-order valence-corrected chi connectivity index (χ1v) is 16.4. The molecule has 0 N–H and O–H groups in total. The van der Waals surface area contributed by atoms with E-state index in [-0.39, 0.29) is 11.2 Å². The highest BCUT2D eigenvalue weighted by atomic mass is 16.1. The minimum Gasteiger partial charge on any atom is -0.310 e. The third kappa shape index (κ3) is 4.13. The standard InChI is InChI=1S/C44H37NO/c1-5-28-14-7-8-15-32(28)33-24-22-30(26-29(33)6-2)45(41-21-13-19-37-34-16-9-10-18-38(34)43(46)42(37)41)31-23-25-36-35-17-11-12-20-39(35)44(3,4)40(36)27-31/h7-27H,5-6H2,1-4H3. The molecule has 0 saturated carbocycles. The fraction of sp³-hybridized carbons (Fsp3) is 0.159. The van der Waals surface area contributed by atoms with E-state index >= 15 is 0 Å². The maximum absolute atomic E-state index is 14.1. The summed E-state index contributed by atoms with van der Waals surface area (Å²) in [6, 6.07) is 45.5. The van der Waals surface area contributed by atoms with E-state index in [0.29, 0.717) is 0 Å². The molecule has 0 unspecified atom stereocenters. The number of aryl methyl sites for hydroxylation is 2. The largest absolute Gasteiger partial charge is 0.310 e. The number of rotatable bonds is 6. The summed E-state index contributed by atoms with van der Waals surface area (Å²) in [5.41, 5.74) is 16.9. The lowest BCUT2D eigenvalue weighted by Gasteiger charge is -2.30. The fourth-order valence-corrected chi connectivity index (χ4v) is 7.86. The van der Waals surface area contributed by atoms with Crippen molar-refractivity contribution in [3.05, 3.63) is 161 Å². The van der Waals surface area contributed by atoms with Crippen LogP contribution in [0.3, 0.4) is 0 Å². The van der Waals surface area contributed by atoms with Crippen LogP contribution in [0.5, 0.6) is 0 Å². The van der Waals surface area contributed by atoms with Crippen molar-refractivity contribution < 1.29 is 4.79 Å². The Morgan fingerprint density at radius 3 is 1.83 bits per heavy atom. The Balaban J connectivity index is 1.36.